The molecule has 0 spiro atoms. The second kappa shape index (κ2) is 5.53. The van der Waals surface area contributed by atoms with Gasteiger partial charge in [0.2, 0.25) is 0 Å². The van der Waals surface area contributed by atoms with Gasteiger partial charge in [-0.1, -0.05) is 11.6 Å². The number of halogens is 2. The van der Waals surface area contributed by atoms with E-state index < -0.39 is 5.97 Å². The van der Waals surface area contributed by atoms with E-state index in [1.807, 2.05) is 12.1 Å². The lowest BCUT2D eigenvalue weighted by Crippen LogP contribution is -2.00. The summed E-state index contributed by atoms with van der Waals surface area (Å²) in [5.41, 5.74) is 1.03. The van der Waals surface area contributed by atoms with Crippen molar-refractivity contribution in [2.75, 3.05) is 5.32 Å². The number of carboxylic acids is 1. The van der Waals surface area contributed by atoms with Crippen molar-refractivity contribution in [3.63, 3.8) is 0 Å². The Balaban J connectivity index is 2.21. The van der Waals surface area contributed by atoms with Gasteiger partial charge in [-0.15, -0.1) is 0 Å². The number of nitrogens with zero attached hydrogens (tertiary/aromatic N) is 1. The molecule has 0 atom stereocenters. The third-order valence-electron chi connectivity index (χ3n) is 2.20. The fourth-order valence-corrected chi connectivity index (χ4v) is 2.33. The van der Waals surface area contributed by atoms with Crippen molar-refractivity contribution in [3.8, 4) is 0 Å². The van der Waals surface area contributed by atoms with Crippen LogP contribution in [0.5, 0.6) is 0 Å². The standard InChI is InChI=1S/C12H8ClIN2O2/c13-8-2-3-10(9(14)5-8)16-11-4-1-7(6-15-11)12(17)18/h1-6H,(H,15,16)(H,17,18). The quantitative estimate of drug-likeness (QED) is 0.803. The predicted octanol–water partition coefficient (Wildman–Crippen LogP) is 3.78. The van der Waals surface area contributed by atoms with Gasteiger partial charge in [0.15, 0.2) is 0 Å². The van der Waals surface area contributed by atoms with E-state index >= 15 is 0 Å². The van der Waals surface area contributed by atoms with Gasteiger partial charge in [0.25, 0.3) is 0 Å². The number of pyridine rings is 1. The van der Waals surface area contributed by atoms with Gasteiger partial charge in [0, 0.05) is 14.8 Å². The van der Waals surface area contributed by atoms with Crippen molar-refractivity contribution in [1.82, 2.24) is 4.98 Å². The van der Waals surface area contributed by atoms with Crippen molar-refractivity contribution in [1.29, 1.82) is 0 Å². The number of nitrogens with one attached hydrogen (secondary N) is 1. The van der Waals surface area contributed by atoms with Gasteiger partial charge in [-0.2, -0.15) is 0 Å². The number of aromatic nitrogens is 1. The number of anilines is 2. The normalized spacial score (nSPS) is 10.1. The van der Waals surface area contributed by atoms with Crippen LogP contribution in [0.2, 0.25) is 5.02 Å². The van der Waals surface area contributed by atoms with E-state index in [1.54, 1.807) is 12.1 Å². The molecule has 0 bridgehead atoms. The van der Waals surface area contributed by atoms with Crippen LogP contribution in [0, 0.1) is 3.57 Å². The van der Waals surface area contributed by atoms with Crippen LogP contribution in [0.3, 0.4) is 0 Å². The molecular weight excluding hydrogens is 367 g/mol. The van der Waals surface area contributed by atoms with E-state index in [1.165, 1.54) is 12.3 Å². The summed E-state index contributed by atoms with van der Waals surface area (Å²) in [5, 5.41) is 12.5. The van der Waals surface area contributed by atoms with Crippen LogP contribution in [-0.4, -0.2) is 16.1 Å². The number of carboxylic acid groups (broad SMARTS) is 1. The molecule has 1 heterocycles. The maximum Gasteiger partial charge on any atom is 0.337 e. The van der Waals surface area contributed by atoms with Crippen molar-refractivity contribution in [2.24, 2.45) is 0 Å². The van der Waals surface area contributed by atoms with Crippen LogP contribution in [0.15, 0.2) is 36.5 Å². The first-order valence-corrected chi connectivity index (χ1v) is 6.43. The second-order valence-corrected chi connectivity index (χ2v) is 5.09. The van der Waals surface area contributed by atoms with Gasteiger partial charge in [-0.25, -0.2) is 9.78 Å². The highest BCUT2D eigenvalue weighted by atomic mass is 127. The van der Waals surface area contributed by atoms with Gasteiger partial charge >= 0.3 is 5.97 Å². The van der Waals surface area contributed by atoms with Crippen molar-refractivity contribution in [2.45, 2.75) is 0 Å². The first kappa shape index (κ1) is 13.1. The first-order chi connectivity index (χ1) is 8.56. The molecule has 1 aromatic carbocycles. The van der Waals surface area contributed by atoms with Crippen LogP contribution >= 0.6 is 34.2 Å². The molecular formula is C12H8ClIN2O2. The zero-order chi connectivity index (χ0) is 13.1. The molecule has 4 nitrogen and oxygen atoms in total. The second-order valence-electron chi connectivity index (χ2n) is 3.49. The molecule has 0 aliphatic rings. The van der Waals surface area contributed by atoms with Crippen LogP contribution < -0.4 is 5.32 Å². The SMILES string of the molecule is O=C(O)c1ccc(Nc2ccc(Cl)cc2I)nc1. The summed E-state index contributed by atoms with van der Waals surface area (Å²) in [4.78, 5) is 14.7. The molecule has 1 aromatic heterocycles. The molecule has 2 N–H and O–H groups in total. The number of carbonyl (C=O) groups is 1. The lowest BCUT2D eigenvalue weighted by molar-refractivity contribution is 0.0696. The number of aromatic carboxylic acids is 1. The molecule has 0 fully saturated rings. The van der Waals surface area contributed by atoms with Gasteiger partial charge < -0.3 is 10.4 Å². The Kier molecular flexibility index (Phi) is 4.03. The third kappa shape index (κ3) is 3.11. The summed E-state index contributed by atoms with van der Waals surface area (Å²) >= 11 is 8.02. The molecule has 0 amide bonds. The van der Waals surface area contributed by atoms with Crippen molar-refractivity contribution >= 4 is 51.7 Å². The average Bonchev–Trinajstić information content (AvgIpc) is 2.33. The highest BCUT2D eigenvalue weighted by Gasteiger charge is 2.05. The average molecular weight is 375 g/mol. The fourth-order valence-electron chi connectivity index (χ4n) is 1.32. The number of benzene rings is 1. The van der Waals surface area contributed by atoms with Crippen LogP contribution in [0.25, 0.3) is 0 Å². The van der Waals surface area contributed by atoms with E-state index in [2.05, 4.69) is 32.9 Å². The molecule has 0 saturated heterocycles. The van der Waals surface area contributed by atoms with Crippen LogP contribution in [0.1, 0.15) is 10.4 Å². The lowest BCUT2D eigenvalue weighted by Gasteiger charge is -2.08. The first-order valence-electron chi connectivity index (χ1n) is 4.97. The predicted molar refractivity (Wildman–Crippen MR) is 78.6 cm³/mol. The Morgan fingerprint density at radius 1 is 1.33 bits per heavy atom. The van der Waals surface area contributed by atoms with E-state index in [4.69, 9.17) is 16.7 Å². The third-order valence-corrected chi connectivity index (χ3v) is 3.33. The lowest BCUT2D eigenvalue weighted by atomic mass is 10.3. The van der Waals surface area contributed by atoms with Gasteiger partial charge in [0.1, 0.15) is 5.82 Å². The topological polar surface area (TPSA) is 62.2 Å². The number of hydrogen-bond acceptors (Lipinski definition) is 3. The Bertz CT molecular complexity index is 587. The molecule has 92 valence electrons. The molecule has 18 heavy (non-hydrogen) atoms. The highest BCUT2D eigenvalue weighted by Crippen LogP contribution is 2.24. The summed E-state index contributed by atoms with van der Waals surface area (Å²) in [6.45, 7) is 0. The largest absolute Gasteiger partial charge is 0.478 e. The molecule has 2 rings (SSSR count). The molecule has 0 radical (unpaired) electrons. The van der Waals surface area contributed by atoms with E-state index in [9.17, 15) is 4.79 Å². The van der Waals surface area contributed by atoms with Crippen molar-refractivity contribution < 1.29 is 9.90 Å². The van der Waals surface area contributed by atoms with Crippen LogP contribution in [0.4, 0.5) is 11.5 Å². The smallest absolute Gasteiger partial charge is 0.337 e. The van der Waals surface area contributed by atoms with E-state index in [-0.39, 0.29) is 5.56 Å². The molecule has 0 saturated carbocycles. The monoisotopic (exact) mass is 374 g/mol. The van der Waals surface area contributed by atoms with E-state index in [0.717, 1.165) is 9.26 Å². The minimum Gasteiger partial charge on any atom is -0.478 e. The van der Waals surface area contributed by atoms with Gasteiger partial charge in [-0.05, 0) is 52.9 Å². The summed E-state index contributed by atoms with van der Waals surface area (Å²) in [7, 11) is 0. The number of rotatable bonds is 3. The van der Waals surface area contributed by atoms with Gasteiger partial charge in [-0.3, -0.25) is 0 Å². The van der Waals surface area contributed by atoms with Gasteiger partial charge in [0.05, 0.1) is 11.3 Å². The van der Waals surface area contributed by atoms with E-state index in [0.29, 0.717) is 10.8 Å². The Hall–Kier alpha value is -1.34. The maximum absolute atomic E-state index is 10.7. The summed E-state index contributed by atoms with van der Waals surface area (Å²) in [6, 6.07) is 8.57. The maximum atomic E-state index is 10.7. The molecule has 2 aromatic rings. The highest BCUT2D eigenvalue weighted by molar-refractivity contribution is 14.1. The zero-order valence-electron chi connectivity index (χ0n) is 9.02. The Labute approximate surface area is 122 Å². The summed E-state index contributed by atoms with van der Waals surface area (Å²) < 4.78 is 0.962. The Morgan fingerprint density at radius 2 is 2.11 bits per heavy atom. The Morgan fingerprint density at radius 3 is 2.67 bits per heavy atom. The van der Waals surface area contributed by atoms with Crippen LogP contribution in [-0.2, 0) is 0 Å². The molecule has 6 heteroatoms. The van der Waals surface area contributed by atoms with Crippen molar-refractivity contribution in [3.05, 3.63) is 50.7 Å². The molecule has 0 aliphatic carbocycles. The summed E-state index contributed by atoms with van der Waals surface area (Å²) in [6.07, 6.45) is 1.31. The minimum absolute atomic E-state index is 0.159. The zero-order valence-corrected chi connectivity index (χ0v) is 11.9. The summed E-state index contributed by atoms with van der Waals surface area (Å²) in [5.74, 6) is -0.407. The molecule has 0 unspecified atom stereocenters. The number of hydrogen-bond donors (Lipinski definition) is 2. The molecule has 0 aliphatic heterocycles. The minimum atomic E-state index is -0.991. The fraction of sp³-hybridized carbons (Fsp3) is 0.